The van der Waals surface area contributed by atoms with E-state index in [-0.39, 0.29) is 24.7 Å². The number of carbonyl (C=O) groups is 2. The Hall–Kier alpha value is -3.42. The lowest BCUT2D eigenvalue weighted by Crippen LogP contribution is -2.39. The maximum absolute atomic E-state index is 14.5. The van der Waals surface area contributed by atoms with Gasteiger partial charge in [0.2, 0.25) is 0 Å². The summed E-state index contributed by atoms with van der Waals surface area (Å²) in [4.78, 5) is 26.0. The summed E-state index contributed by atoms with van der Waals surface area (Å²) in [6.45, 7) is 1.28. The van der Waals surface area contributed by atoms with Crippen molar-refractivity contribution in [3.05, 3.63) is 82.1 Å². The Kier molecular flexibility index (Phi) is 6.35. The van der Waals surface area contributed by atoms with Crippen molar-refractivity contribution in [3.8, 4) is 22.6 Å². The van der Waals surface area contributed by atoms with Gasteiger partial charge in [-0.1, -0.05) is 35.9 Å². The van der Waals surface area contributed by atoms with Crippen molar-refractivity contribution in [1.29, 1.82) is 0 Å². The van der Waals surface area contributed by atoms with E-state index in [4.69, 9.17) is 21.1 Å². The van der Waals surface area contributed by atoms with Crippen molar-refractivity contribution >= 4 is 23.4 Å². The highest BCUT2D eigenvalue weighted by Gasteiger charge is 2.36. The lowest BCUT2D eigenvalue weighted by molar-refractivity contribution is 0.0453. The van der Waals surface area contributed by atoms with E-state index in [1.807, 2.05) is 13.0 Å². The zero-order chi connectivity index (χ0) is 23.7. The Bertz CT molecular complexity index is 1190. The number of aliphatic hydroxyl groups excluding tert-OH is 1. The number of carbonyl (C=O) groups excluding carboxylic acids is 2. The molecule has 6 nitrogen and oxygen atoms in total. The largest absolute Gasteiger partial charge is 0.492 e. The summed E-state index contributed by atoms with van der Waals surface area (Å²) in [5, 5.41) is 10.9. The summed E-state index contributed by atoms with van der Waals surface area (Å²) < 4.78 is 25.6. The summed E-state index contributed by atoms with van der Waals surface area (Å²) >= 11 is 6.36. The van der Waals surface area contributed by atoms with E-state index in [1.54, 1.807) is 36.4 Å². The number of imide groups is 1. The number of aliphatic hydroxyl groups is 1. The van der Waals surface area contributed by atoms with Crippen LogP contribution in [0, 0.1) is 12.7 Å². The number of hydrogen-bond acceptors (Lipinski definition) is 5. The normalized spacial score (nSPS) is 13.8. The molecule has 1 aliphatic heterocycles. The molecule has 3 aromatic rings. The summed E-state index contributed by atoms with van der Waals surface area (Å²) in [6.07, 6.45) is -1.20. The SMILES string of the molecule is COc1c(OC[C@H](O)CN2C(=O)c3ccccc3C2=O)cc(F)cc1-c1c(C)cccc1Cl. The third-order valence-corrected chi connectivity index (χ3v) is 5.73. The van der Waals surface area contributed by atoms with Gasteiger partial charge in [-0.25, -0.2) is 4.39 Å². The number of aryl methyl sites for hydroxylation is 1. The molecular formula is C25H21ClFNO5. The zero-order valence-corrected chi connectivity index (χ0v) is 18.7. The highest BCUT2D eigenvalue weighted by molar-refractivity contribution is 6.33. The molecule has 3 aromatic carbocycles. The number of methoxy groups -OCH3 is 1. The summed E-state index contributed by atoms with van der Waals surface area (Å²) in [6, 6.07) is 14.2. The third-order valence-electron chi connectivity index (χ3n) is 5.42. The van der Waals surface area contributed by atoms with Gasteiger partial charge in [-0.15, -0.1) is 0 Å². The number of hydrogen-bond donors (Lipinski definition) is 1. The van der Waals surface area contributed by atoms with E-state index in [9.17, 15) is 19.1 Å². The average molecular weight is 470 g/mol. The zero-order valence-electron chi connectivity index (χ0n) is 18.0. The fourth-order valence-electron chi connectivity index (χ4n) is 3.90. The van der Waals surface area contributed by atoms with E-state index in [0.29, 0.717) is 27.3 Å². The predicted molar refractivity (Wildman–Crippen MR) is 121 cm³/mol. The van der Waals surface area contributed by atoms with E-state index >= 15 is 0 Å². The lowest BCUT2D eigenvalue weighted by Gasteiger charge is -2.21. The molecule has 2 amide bonds. The maximum Gasteiger partial charge on any atom is 0.261 e. The molecule has 0 fully saturated rings. The molecule has 0 bridgehead atoms. The van der Waals surface area contributed by atoms with Crippen LogP contribution in [-0.4, -0.2) is 48.2 Å². The lowest BCUT2D eigenvalue weighted by atomic mass is 9.99. The second-order valence-corrected chi connectivity index (χ2v) is 8.05. The first-order chi connectivity index (χ1) is 15.8. The third kappa shape index (κ3) is 4.29. The van der Waals surface area contributed by atoms with E-state index < -0.39 is 23.7 Å². The van der Waals surface area contributed by atoms with Crippen LogP contribution in [0.2, 0.25) is 5.02 Å². The van der Waals surface area contributed by atoms with Gasteiger partial charge in [-0.2, -0.15) is 0 Å². The molecule has 0 aliphatic carbocycles. The van der Waals surface area contributed by atoms with E-state index in [2.05, 4.69) is 0 Å². The molecule has 4 rings (SSSR count). The fourth-order valence-corrected chi connectivity index (χ4v) is 4.22. The number of fused-ring (bicyclic) bond motifs is 1. The standard InChI is InChI=1S/C25H21ClFNO5/c1-14-6-5-9-20(26)22(14)19-10-15(27)11-21(23(19)32-2)33-13-16(29)12-28-24(30)17-7-3-4-8-18(17)25(28)31/h3-11,16,29H,12-13H2,1-2H3/t16-/m1/s1. The fraction of sp³-hybridized carbons (Fsp3) is 0.200. The molecule has 0 spiro atoms. The van der Waals surface area contributed by atoms with Crippen molar-refractivity contribution < 1.29 is 28.6 Å². The minimum atomic E-state index is -1.20. The molecule has 1 aliphatic rings. The van der Waals surface area contributed by atoms with Crippen LogP contribution in [0.15, 0.2) is 54.6 Å². The van der Waals surface area contributed by atoms with Crippen molar-refractivity contribution in [1.82, 2.24) is 4.90 Å². The first-order valence-electron chi connectivity index (χ1n) is 10.2. The van der Waals surface area contributed by atoms with Gasteiger partial charge < -0.3 is 14.6 Å². The number of rotatable bonds is 7. The van der Waals surface area contributed by atoms with Gasteiger partial charge in [0.1, 0.15) is 18.5 Å². The Morgan fingerprint density at radius 3 is 2.30 bits per heavy atom. The number of benzene rings is 3. The number of β-amino-alcohol motifs (C(OH)–C–C–N with tert-alkyl or cyclic N) is 1. The van der Waals surface area contributed by atoms with Crippen molar-refractivity contribution in [2.75, 3.05) is 20.3 Å². The predicted octanol–water partition coefficient (Wildman–Crippen LogP) is 4.50. The maximum atomic E-state index is 14.5. The highest BCUT2D eigenvalue weighted by Crippen LogP contribution is 2.43. The Labute approximate surface area is 195 Å². The van der Waals surface area contributed by atoms with E-state index in [1.165, 1.54) is 13.2 Å². The average Bonchev–Trinajstić information content (AvgIpc) is 3.02. The minimum absolute atomic E-state index is 0.0632. The molecule has 0 radical (unpaired) electrons. The van der Waals surface area contributed by atoms with Crippen molar-refractivity contribution in [3.63, 3.8) is 0 Å². The Morgan fingerprint density at radius 2 is 1.70 bits per heavy atom. The van der Waals surface area contributed by atoms with Crippen LogP contribution in [0.4, 0.5) is 4.39 Å². The Morgan fingerprint density at radius 1 is 1.03 bits per heavy atom. The van der Waals surface area contributed by atoms with Crippen molar-refractivity contribution in [2.45, 2.75) is 13.0 Å². The molecule has 170 valence electrons. The second kappa shape index (κ2) is 9.21. The smallest absolute Gasteiger partial charge is 0.261 e. The molecule has 1 atom stereocenters. The first kappa shape index (κ1) is 22.8. The van der Waals surface area contributed by atoms with Gasteiger partial charge in [0.05, 0.1) is 24.8 Å². The molecule has 1 heterocycles. The monoisotopic (exact) mass is 469 g/mol. The van der Waals surface area contributed by atoms with Crippen LogP contribution >= 0.6 is 11.6 Å². The molecule has 8 heteroatoms. The number of amides is 2. The number of nitrogens with zero attached hydrogens (tertiary/aromatic N) is 1. The summed E-state index contributed by atoms with van der Waals surface area (Å²) in [5.74, 6) is -1.22. The van der Waals surface area contributed by atoms with Gasteiger partial charge >= 0.3 is 0 Å². The summed E-state index contributed by atoms with van der Waals surface area (Å²) in [7, 11) is 1.42. The molecular weight excluding hydrogens is 449 g/mol. The molecule has 1 N–H and O–H groups in total. The molecule has 0 unspecified atom stereocenters. The molecule has 0 saturated heterocycles. The van der Waals surface area contributed by atoms with Crippen LogP contribution in [0.5, 0.6) is 11.5 Å². The van der Waals surface area contributed by atoms with Gasteiger partial charge in [-0.3, -0.25) is 14.5 Å². The number of ether oxygens (including phenoxy) is 2. The summed E-state index contributed by atoms with van der Waals surface area (Å²) in [5.41, 5.74) is 2.42. The minimum Gasteiger partial charge on any atom is -0.492 e. The molecule has 0 saturated carbocycles. The van der Waals surface area contributed by atoms with Crippen LogP contribution in [0.3, 0.4) is 0 Å². The van der Waals surface area contributed by atoms with Crippen LogP contribution in [0.25, 0.3) is 11.1 Å². The molecule has 0 aromatic heterocycles. The van der Waals surface area contributed by atoms with Gasteiger partial charge in [0.15, 0.2) is 11.5 Å². The van der Waals surface area contributed by atoms with Gasteiger partial charge in [0, 0.05) is 22.2 Å². The quantitative estimate of drug-likeness (QED) is 0.516. The number of halogens is 2. The van der Waals surface area contributed by atoms with Crippen LogP contribution in [-0.2, 0) is 0 Å². The molecule has 33 heavy (non-hydrogen) atoms. The van der Waals surface area contributed by atoms with Gasteiger partial charge in [0.25, 0.3) is 11.8 Å². The van der Waals surface area contributed by atoms with Crippen LogP contribution in [0.1, 0.15) is 26.3 Å². The van der Waals surface area contributed by atoms with Crippen LogP contribution < -0.4 is 9.47 Å². The van der Waals surface area contributed by atoms with E-state index in [0.717, 1.165) is 16.5 Å². The highest BCUT2D eigenvalue weighted by atomic mass is 35.5. The second-order valence-electron chi connectivity index (χ2n) is 7.65. The Balaban J connectivity index is 1.54. The van der Waals surface area contributed by atoms with Gasteiger partial charge in [-0.05, 0) is 36.8 Å². The topological polar surface area (TPSA) is 76.1 Å². The van der Waals surface area contributed by atoms with Crippen molar-refractivity contribution in [2.24, 2.45) is 0 Å². The first-order valence-corrected chi connectivity index (χ1v) is 10.6.